The van der Waals surface area contributed by atoms with Crippen LogP contribution in [0.3, 0.4) is 0 Å². The van der Waals surface area contributed by atoms with E-state index < -0.39 is 5.97 Å². The molecule has 3 heterocycles. The lowest BCUT2D eigenvalue weighted by Crippen LogP contribution is -2.18. The standard InChI is InChI=1S/C19H23N3O4/c1-12-8-21-17(9-20-12)19(24)26-11-18(23)16-7-13(2)22(14(16)3)10-15-5-4-6-25-15/h7-9,15H,4-6,10-11H2,1-3H3/t15-/m1/s1. The van der Waals surface area contributed by atoms with Gasteiger partial charge in [-0.1, -0.05) is 0 Å². The fraction of sp³-hybridized carbons (Fsp3) is 0.474. The largest absolute Gasteiger partial charge is 0.453 e. The number of aromatic nitrogens is 3. The van der Waals surface area contributed by atoms with Crippen molar-refractivity contribution in [1.29, 1.82) is 0 Å². The van der Waals surface area contributed by atoms with Gasteiger partial charge in [0.1, 0.15) is 0 Å². The van der Waals surface area contributed by atoms with E-state index in [9.17, 15) is 9.59 Å². The van der Waals surface area contributed by atoms with Gasteiger partial charge in [0.15, 0.2) is 12.3 Å². The van der Waals surface area contributed by atoms with Crippen molar-refractivity contribution in [3.63, 3.8) is 0 Å². The number of nitrogens with zero attached hydrogens (tertiary/aromatic N) is 3. The number of Topliss-reactive ketones (excluding diaryl/α,β-unsaturated/α-hetero) is 1. The summed E-state index contributed by atoms with van der Waals surface area (Å²) in [4.78, 5) is 32.4. The molecule has 26 heavy (non-hydrogen) atoms. The molecule has 7 heteroatoms. The molecule has 0 spiro atoms. The summed E-state index contributed by atoms with van der Waals surface area (Å²) in [6.45, 7) is 6.86. The number of esters is 1. The summed E-state index contributed by atoms with van der Waals surface area (Å²) >= 11 is 0. The Bertz CT molecular complexity index is 805. The molecule has 1 aliphatic rings. The summed E-state index contributed by atoms with van der Waals surface area (Å²) in [6.07, 6.45) is 5.14. The van der Waals surface area contributed by atoms with Gasteiger partial charge in [0.05, 0.1) is 18.0 Å². The number of hydrogen-bond donors (Lipinski definition) is 0. The smallest absolute Gasteiger partial charge is 0.358 e. The molecule has 2 aromatic heterocycles. The summed E-state index contributed by atoms with van der Waals surface area (Å²) in [5.41, 5.74) is 3.23. The fourth-order valence-electron chi connectivity index (χ4n) is 3.14. The van der Waals surface area contributed by atoms with Gasteiger partial charge >= 0.3 is 5.97 Å². The minimum Gasteiger partial charge on any atom is -0.453 e. The number of aryl methyl sites for hydroxylation is 2. The highest BCUT2D eigenvalue weighted by molar-refractivity contribution is 6.00. The van der Waals surface area contributed by atoms with Crippen LogP contribution in [0.15, 0.2) is 18.5 Å². The molecule has 1 aliphatic heterocycles. The Morgan fingerprint density at radius 2 is 2.08 bits per heavy atom. The molecule has 1 fully saturated rings. The predicted octanol–water partition coefficient (Wildman–Crippen LogP) is 2.42. The molecule has 0 saturated carbocycles. The minimum absolute atomic E-state index is 0.0901. The zero-order chi connectivity index (χ0) is 18.7. The van der Waals surface area contributed by atoms with Gasteiger partial charge in [0, 0.05) is 36.3 Å². The highest BCUT2D eigenvalue weighted by Crippen LogP contribution is 2.20. The molecule has 0 aliphatic carbocycles. The van der Waals surface area contributed by atoms with Crippen molar-refractivity contribution in [3.05, 3.63) is 46.8 Å². The van der Waals surface area contributed by atoms with Crippen LogP contribution in [0.4, 0.5) is 0 Å². The van der Waals surface area contributed by atoms with Crippen LogP contribution in [0.25, 0.3) is 0 Å². The highest BCUT2D eigenvalue weighted by atomic mass is 16.5. The molecule has 2 aromatic rings. The van der Waals surface area contributed by atoms with Gasteiger partial charge in [0.25, 0.3) is 0 Å². The molecule has 0 unspecified atom stereocenters. The lowest BCUT2D eigenvalue weighted by Gasteiger charge is -2.14. The van der Waals surface area contributed by atoms with Crippen LogP contribution in [0.5, 0.6) is 0 Å². The maximum absolute atomic E-state index is 12.5. The first-order valence-corrected chi connectivity index (χ1v) is 8.73. The van der Waals surface area contributed by atoms with Crippen molar-refractivity contribution < 1.29 is 19.1 Å². The predicted molar refractivity (Wildman–Crippen MR) is 94.3 cm³/mol. The maximum Gasteiger partial charge on any atom is 0.358 e. The third-order valence-electron chi connectivity index (χ3n) is 4.61. The summed E-state index contributed by atoms with van der Waals surface area (Å²) < 4.78 is 12.9. The second-order valence-electron chi connectivity index (χ2n) is 6.57. The van der Waals surface area contributed by atoms with Gasteiger partial charge in [-0.15, -0.1) is 0 Å². The van der Waals surface area contributed by atoms with Crippen LogP contribution in [0, 0.1) is 20.8 Å². The number of rotatable bonds is 6. The van der Waals surface area contributed by atoms with Gasteiger partial charge < -0.3 is 14.0 Å². The SMILES string of the molecule is Cc1cnc(C(=O)OCC(=O)c2cc(C)n(C[C@H]3CCCO3)c2C)cn1. The molecular formula is C19H23N3O4. The van der Waals surface area contributed by atoms with E-state index in [0.29, 0.717) is 11.3 Å². The molecule has 0 radical (unpaired) electrons. The topological polar surface area (TPSA) is 83.3 Å². The molecular weight excluding hydrogens is 334 g/mol. The van der Waals surface area contributed by atoms with Crippen LogP contribution in [0.2, 0.25) is 0 Å². The second kappa shape index (κ2) is 7.78. The van der Waals surface area contributed by atoms with Gasteiger partial charge in [-0.05, 0) is 39.7 Å². The number of ether oxygens (including phenoxy) is 2. The van der Waals surface area contributed by atoms with Crippen LogP contribution in [0.1, 0.15) is 50.8 Å². The van der Waals surface area contributed by atoms with Crippen LogP contribution >= 0.6 is 0 Å². The van der Waals surface area contributed by atoms with E-state index in [-0.39, 0.29) is 24.2 Å². The van der Waals surface area contributed by atoms with Crippen molar-refractivity contribution in [3.8, 4) is 0 Å². The van der Waals surface area contributed by atoms with E-state index in [1.54, 1.807) is 6.92 Å². The molecule has 138 valence electrons. The van der Waals surface area contributed by atoms with E-state index in [2.05, 4.69) is 14.5 Å². The Labute approximate surface area is 152 Å². The van der Waals surface area contributed by atoms with E-state index in [1.807, 2.05) is 19.9 Å². The van der Waals surface area contributed by atoms with Crippen molar-refractivity contribution in [2.45, 2.75) is 46.3 Å². The van der Waals surface area contributed by atoms with E-state index in [4.69, 9.17) is 9.47 Å². The van der Waals surface area contributed by atoms with Crippen molar-refractivity contribution >= 4 is 11.8 Å². The molecule has 3 rings (SSSR count). The van der Waals surface area contributed by atoms with E-state index in [1.165, 1.54) is 12.4 Å². The fourth-order valence-corrected chi connectivity index (χ4v) is 3.14. The zero-order valence-electron chi connectivity index (χ0n) is 15.3. The number of carbonyl (C=O) groups excluding carboxylic acids is 2. The molecule has 0 N–H and O–H groups in total. The molecule has 0 bridgehead atoms. The molecule has 7 nitrogen and oxygen atoms in total. The van der Waals surface area contributed by atoms with E-state index in [0.717, 1.165) is 37.4 Å². The first-order chi connectivity index (χ1) is 12.5. The van der Waals surface area contributed by atoms with Crippen molar-refractivity contribution in [2.24, 2.45) is 0 Å². The zero-order valence-corrected chi connectivity index (χ0v) is 15.3. The van der Waals surface area contributed by atoms with Gasteiger partial charge in [0.2, 0.25) is 5.78 Å². The molecule has 0 aromatic carbocycles. The first kappa shape index (κ1) is 18.3. The summed E-state index contributed by atoms with van der Waals surface area (Å²) in [7, 11) is 0. The highest BCUT2D eigenvalue weighted by Gasteiger charge is 2.22. The molecule has 0 amide bonds. The van der Waals surface area contributed by atoms with E-state index >= 15 is 0 Å². The maximum atomic E-state index is 12.5. The normalized spacial score (nSPS) is 16.7. The van der Waals surface area contributed by atoms with Crippen molar-refractivity contribution in [1.82, 2.24) is 14.5 Å². The molecule has 1 atom stereocenters. The second-order valence-corrected chi connectivity index (χ2v) is 6.57. The Kier molecular flexibility index (Phi) is 5.46. The first-order valence-electron chi connectivity index (χ1n) is 8.73. The average molecular weight is 357 g/mol. The van der Waals surface area contributed by atoms with Gasteiger partial charge in [-0.25, -0.2) is 9.78 Å². The third-order valence-corrected chi connectivity index (χ3v) is 4.61. The van der Waals surface area contributed by atoms with Gasteiger partial charge in [-0.2, -0.15) is 0 Å². The quantitative estimate of drug-likeness (QED) is 0.583. The minimum atomic E-state index is -0.654. The lowest BCUT2D eigenvalue weighted by molar-refractivity contribution is 0.0468. The van der Waals surface area contributed by atoms with Crippen molar-refractivity contribution in [2.75, 3.05) is 13.2 Å². The van der Waals surface area contributed by atoms with Gasteiger partial charge in [-0.3, -0.25) is 9.78 Å². The Morgan fingerprint density at radius 1 is 1.27 bits per heavy atom. The average Bonchev–Trinajstić information content (AvgIpc) is 3.24. The van der Waals surface area contributed by atoms with Crippen LogP contribution in [-0.4, -0.2) is 45.6 Å². The summed E-state index contributed by atoms with van der Waals surface area (Å²) in [5.74, 6) is -0.885. The Balaban J connectivity index is 1.64. The number of hydrogen-bond acceptors (Lipinski definition) is 6. The lowest BCUT2D eigenvalue weighted by atomic mass is 10.1. The Hall–Kier alpha value is -2.54. The number of carbonyl (C=O) groups is 2. The summed E-state index contributed by atoms with van der Waals surface area (Å²) in [6, 6.07) is 1.84. The molecule has 1 saturated heterocycles. The number of ketones is 1. The van der Waals surface area contributed by atoms with Crippen LogP contribution in [-0.2, 0) is 16.0 Å². The third kappa shape index (κ3) is 3.99. The summed E-state index contributed by atoms with van der Waals surface area (Å²) in [5, 5.41) is 0. The Morgan fingerprint density at radius 3 is 2.73 bits per heavy atom. The van der Waals surface area contributed by atoms with Crippen LogP contribution < -0.4 is 0 Å². The monoisotopic (exact) mass is 357 g/mol.